The highest BCUT2D eigenvalue weighted by Crippen LogP contribution is 2.21. The van der Waals surface area contributed by atoms with Crippen LogP contribution < -0.4 is 10.6 Å². The molecule has 2 heterocycles. The van der Waals surface area contributed by atoms with E-state index in [1.54, 1.807) is 0 Å². The third-order valence-corrected chi connectivity index (χ3v) is 3.29. The van der Waals surface area contributed by atoms with Crippen LogP contribution in [0.4, 0.5) is 6.01 Å². The van der Waals surface area contributed by atoms with E-state index in [2.05, 4.69) is 27.8 Å². The largest absolute Gasteiger partial charge is 0.406 e. The fraction of sp³-hybridized carbons (Fsp3) is 0.818. The molecule has 96 valence electrons. The summed E-state index contributed by atoms with van der Waals surface area (Å²) in [6.45, 7) is 5.74. The van der Waals surface area contributed by atoms with Gasteiger partial charge < -0.3 is 19.8 Å². The molecule has 0 aromatic carbocycles. The Morgan fingerprint density at radius 3 is 2.94 bits per heavy atom. The van der Waals surface area contributed by atoms with Crippen molar-refractivity contribution in [3.8, 4) is 0 Å². The Bertz CT molecular complexity index is 355. The molecule has 2 rings (SSSR count). The first-order valence-electron chi connectivity index (χ1n) is 6.07. The molecule has 17 heavy (non-hydrogen) atoms. The summed E-state index contributed by atoms with van der Waals surface area (Å²) >= 11 is 0. The highest BCUT2D eigenvalue weighted by atomic mass is 16.5. The molecule has 1 fully saturated rings. The number of ether oxygens (including phenoxy) is 1. The van der Waals surface area contributed by atoms with Gasteiger partial charge >= 0.3 is 6.01 Å². The van der Waals surface area contributed by atoms with Gasteiger partial charge in [0.15, 0.2) is 0 Å². The molecular formula is C11H20N4O2. The molecule has 1 aromatic rings. The van der Waals surface area contributed by atoms with Gasteiger partial charge in [-0.15, -0.1) is 5.10 Å². The van der Waals surface area contributed by atoms with Crippen molar-refractivity contribution < 1.29 is 9.15 Å². The first kappa shape index (κ1) is 12.3. The molecule has 0 radical (unpaired) electrons. The Hall–Kier alpha value is -1.14. The zero-order chi connectivity index (χ0) is 12.3. The Labute approximate surface area is 101 Å². The standard InChI is InChI=1S/C11H20N4O2/c1-7(12-3)10-14-15-11(17-10)13-6-9-4-5-16-8(9)2/h7-9,12H,4-6H2,1-3H3,(H,13,15). The van der Waals surface area contributed by atoms with E-state index < -0.39 is 0 Å². The summed E-state index contributed by atoms with van der Waals surface area (Å²) in [6.07, 6.45) is 1.39. The highest BCUT2D eigenvalue weighted by molar-refractivity contribution is 5.17. The normalized spacial score (nSPS) is 26.1. The molecule has 1 aromatic heterocycles. The number of hydrogen-bond acceptors (Lipinski definition) is 6. The summed E-state index contributed by atoms with van der Waals surface area (Å²) in [5, 5.41) is 14.2. The second kappa shape index (κ2) is 5.46. The lowest BCUT2D eigenvalue weighted by atomic mass is 10.0. The number of nitrogens with zero attached hydrogens (tertiary/aromatic N) is 2. The van der Waals surface area contributed by atoms with E-state index in [4.69, 9.17) is 9.15 Å². The molecule has 0 saturated carbocycles. The molecule has 0 amide bonds. The van der Waals surface area contributed by atoms with Gasteiger partial charge in [0.05, 0.1) is 12.1 Å². The maximum absolute atomic E-state index is 5.50. The van der Waals surface area contributed by atoms with Crippen molar-refractivity contribution in [2.75, 3.05) is 25.5 Å². The van der Waals surface area contributed by atoms with Gasteiger partial charge in [0.2, 0.25) is 5.89 Å². The maximum atomic E-state index is 5.50. The zero-order valence-electron chi connectivity index (χ0n) is 10.6. The molecule has 0 aliphatic carbocycles. The molecule has 0 spiro atoms. The minimum atomic E-state index is 0.0757. The quantitative estimate of drug-likeness (QED) is 0.805. The molecule has 1 saturated heterocycles. The number of hydrogen-bond donors (Lipinski definition) is 2. The zero-order valence-corrected chi connectivity index (χ0v) is 10.6. The van der Waals surface area contributed by atoms with Crippen LogP contribution in [0.3, 0.4) is 0 Å². The minimum absolute atomic E-state index is 0.0757. The number of anilines is 1. The van der Waals surface area contributed by atoms with Crippen molar-refractivity contribution in [3.05, 3.63) is 5.89 Å². The summed E-state index contributed by atoms with van der Waals surface area (Å²) in [5.41, 5.74) is 0. The molecule has 0 bridgehead atoms. The maximum Gasteiger partial charge on any atom is 0.315 e. The molecule has 6 heteroatoms. The van der Waals surface area contributed by atoms with E-state index in [9.17, 15) is 0 Å². The van der Waals surface area contributed by atoms with Gasteiger partial charge in [-0.1, -0.05) is 5.10 Å². The van der Waals surface area contributed by atoms with Crippen molar-refractivity contribution in [3.63, 3.8) is 0 Å². The first-order valence-corrected chi connectivity index (χ1v) is 6.07. The van der Waals surface area contributed by atoms with Crippen molar-refractivity contribution >= 4 is 6.01 Å². The van der Waals surface area contributed by atoms with E-state index in [0.29, 0.717) is 23.9 Å². The van der Waals surface area contributed by atoms with Gasteiger partial charge in [0, 0.05) is 19.1 Å². The van der Waals surface area contributed by atoms with Crippen molar-refractivity contribution in [2.45, 2.75) is 32.4 Å². The molecule has 1 aliphatic heterocycles. The van der Waals surface area contributed by atoms with E-state index in [1.165, 1.54) is 0 Å². The third kappa shape index (κ3) is 2.95. The van der Waals surface area contributed by atoms with Crippen LogP contribution in [0, 0.1) is 5.92 Å². The van der Waals surface area contributed by atoms with Crippen LogP contribution >= 0.6 is 0 Å². The SMILES string of the molecule is CNC(C)c1nnc(NCC2CCOC2C)o1. The summed E-state index contributed by atoms with van der Waals surface area (Å²) in [4.78, 5) is 0. The fourth-order valence-corrected chi connectivity index (χ4v) is 1.87. The van der Waals surface area contributed by atoms with Crippen molar-refractivity contribution in [2.24, 2.45) is 5.92 Å². The Kier molecular flexibility index (Phi) is 3.96. The predicted molar refractivity (Wildman–Crippen MR) is 63.8 cm³/mol. The molecular weight excluding hydrogens is 220 g/mol. The van der Waals surface area contributed by atoms with Gasteiger partial charge in [-0.05, 0) is 27.3 Å². The van der Waals surface area contributed by atoms with Gasteiger partial charge in [-0.2, -0.15) is 0 Å². The highest BCUT2D eigenvalue weighted by Gasteiger charge is 2.24. The first-order chi connectivity index (χ1) is 8.20. The van der Waals surface area contributed by atoms with Gasteiger partial charge in [0.1, 0.15) is 0 Å². The summed E-state index contributed by atoms with van der Waals surface area (Å²) in [6, 6.07) is 0.563. The average molecular weight is 240 g/mol. The molecule has 2 N–H and O–H groups in total. The van der Waals surface area contributed by atoms with Crippen LogP contribution in [-0.2, 0) is 4.74 Å². The van der Waals surface area contributed by atoms with Gasteiger partial charge in [-0.3, -0.25) is 0 Å². The Morgan fingerprint density at radius 2 is 2.29 bits per heavy atom. The lowest BCUT2D eigenvalue weighted by Crippen LogP contribution is -2.20. The second-order valence-corrected chi connectivity index (χ2v) is 4.46. The summed E-state index contributed by atoms with van der Waals surface area (Å²) in [5.74, 6) is 1.12. The van der Waals surface area contributed by atoms with Crippen LogP contribution in [0.2, 0.25) is 0 Å². The van der Waals surface area contributed by atoms with Crippen LogP contribution in [-0.4, -0.2) is 36.5 Å². The van der Waals surface area contributed by atoms with Crippen molar-refractivity contribution in [1.82, 2.24) is 15.5 Å². The third-order valence-electron chi connectivity index (χ3n) is 3.29. The van der Waals surface area contributed by atoms with Gasteiger partial charge in [0.25, 0.3) is 0 Å². The molecule has 3 atom stereocenters. The summed E-state index contributed by atoms with van der Waals surface area (Å²) in [7, 11) is 1.86. The summed E-state index contributed by atoms with van der Waals surface area (Å²) < 4.78 is 11.0. The number of rotatable bonds is 5. The second-order valence-electron chi connectivity index (χ2n) is 4.46. The van der Waals surface area contributed by atoms with Crippen LogP contribution in [0.5, 0.6) is 0 Å². The smallest absolute Gasteiger partial charge is 0.315 e. The molecule has 1 aliphatic rings. The van der Waals surface area contributed by atoms with E-state index in [-0.39, 0.29) is 6.04 Å². The van der Waals surface area contributed by atoms with E-state index >= 15 is 0 Å². The minimum Gasteiger partial charge on any atom is -0.406 e. The number of aromatic nitrogens is 2. The van der Waals surface area contributed by atoms with Crippen LogP contribution in [0.15, 0.2) is 4.42 Å². The van der Waals surface area contributed by atoms with Crippen molar-refractivity contribution in [1.29, 1.82) is 0 Å². The lowest BCUT2D eigenvalue weighted by molar-refractivity contribution is 0.108. The van der Waals surface area contributed by atoms with Crippen LogP contribution in [0.1, 0.15) is 32.2 Å². The Morgan fingerprint density at radius 1 is 1.47 bits per heavy atom. The molecule has 6 nitrogen and oxygen atoms in total. The lowest BCUT2D eigenvalue weighted by Gasteiger charge is -2.13. The number of nitrogens with one attached hydrogen (secondary N) is 2. The average Bonchev–Trinajstić information content (AvgIpc) is 2.94. The van der Waals surface area contributed by atoms with Gasteiger partial charge in [-0.25, -0.2) is 0 Å². The van der Waals surface area contributed by atoms with E-state index in [0.717, 1.165) is 19.6 Å². The van der Waals surface area contributed by atoms with Crippen LogP contribution in [0.25, 0.3) is 0 Å². The monoisotopic (exact) mass is 240 g/mol. The van der Waals surface area contributed by atoms with E-state index in [1.807, 2.05) is 14.0 Å². The Balaban J connectivity index is 1.84. The molecule has 3 unspecified atom stereocenters. The topological polar surface area (TPSA) is 72.2 Å². The predicted octanol–water partition coefficient (Wildman–Crippen LogP) is 1.19. The fourth-order valence-electron chi connectivity index (χ4n) is 1.87.